The minimum Gasteiger partial charge on any atom is -0.497 e. The Balaban J connectivity index is 0.000000967. The molecule has 0 radical (unpaired) electrons. The van der Waals surface area contributed by atoms with E-state index in [2.05, 4.69) is 52.2 Å². The molecule has 3 aliphatic rings. The average molecular weight is 497 g/mol. The number of benzene rings is 2. The molecule has 198 valence electrons. The second-order valence-corrected chi connectivity index (χ2v) is 10.3. The SMILES string of the molecule is CC[C@H]1CN2CCc3cc(OC)ccc3C2CC1C[C@H]1NCCc2cc(OC)c(OC)cc21.COC. The number of nitrogens with one attached hydrogen (secondary N) is 1. The molecule has 3 heterocycles. The van der Waals surface area contributed by atoms with Crippen LogP contribution in [0.1, 0.15) is 60.5 Å². The first kappa shape index (κ1) is 26.8. The lowest BCUT2D eigenvalue weighted by molar-refractivity contribution is 0.0436. The molecule has 1 N–H and O–H groups in total. The van der Waals surface area contributed by atoms with Gasteiger partial charge in [0.1, 0.15) is 5.75 Å². The summed E-state index contributed by atoms with van der Waals surface area (Å²) >= 11 is 0. The molecule has 0 spiro atoms. The van der Waals surface area contributed by atoms with Crippen LogP contribution in [0.5, 0.6) is 17.2 Å². The van der Waals surface area contributed by atoms with Crippen molar-refractivity contribution in [3.63, 3.8) is 0 Å². The molecule has 2 aromatic rings. The quantitative estimate of drug-likeness (QED) is 0.594. The molecule has 5 rings (SSSR count). The first-order valence-electron chi connectivity index (χ1n) is 13.4. The zero-order valence-corrected chi connectivity index (χ0v) is 22.9. The van der Waals surface area contributed by atoms with Crippen LogP contribution in [0, 0.1) is 11.8 Å². The van der Waals surface area contributed by atoms with Gasteiger partial charge in [0.15, 0.2) is 11.5 Å². The Morgan fingerprint density at radius 1 is 0.861 bits per heavy atom. The van der Waals surface area contributed by atoms with E-state index in [9.17, 15) is 0 Å². The van der Waals surface area contributed by atoms with Gasteiger partial charge in [-0.05, 0) is 90.6 Å². The Morgan fingerprint density at radius 2 is 1.58 bits per heavy atom. The first-order valence-corrected chi connectivity index (χ1v) is 13.4. The molecule has 0 aliphatic carbocycles. The van der Waals surface area contributed by atoms with Crippen LogP contribution in [0.25, 0.3) is 0 Å². The fourth-order valence-corrected chi connectivity index (χ4v) is 6.52. The molecule has 0 saturated carbocycles. The molecule has 1 fully saturated rings. The zero-order valence-electron chi connectivity index (χ0n) is 22.9. The van der Waals surface area contributed by atoms with Crippen LogP contribution in [-0.2, 0) is 17.6 Å². The summed E-state index contributed by atoms with van der Waals surface area (Å²) in [7, 11) is 8.47. The molecule has 0 amide bonds. The van der Waals surface area contributed by atoms with E-state index in [1.54, 1.807) is 35.5 Å². The summed E-state index contributed by atoms with van der Waals surface area (Å²) in [6.45, 7) is 5.77. The van der Waals surface area contributed by atoms with Crippen molar-refractivity contribution in [2.24, 2.45) is 11.8 Å². The summed E-state index contributed by atoms with van der Waals surface area (Å²) < 4.78 is 21.0. The number of hydrogen-bond acceptors (Lipinski definition) is 6. The minimum atomic E-state index is 0.373. The number of piperidine rings is 1. The van der Waals surface area contributed by atoms with Crippen LogP contribution in [-0.4, -0.2) is 60.1 Å². The van der Waals surface area contributed by atoms with Crippen molar-refractivity contribution >= 4 is 0 Å². The van der Waals surface area contributed by atoms with Gasteiger partial charge < -0.3 is 24.3 Å². The van der Waals surface area contributed by atoms with Crippen molar-refractivity contribution in [1.29, 1.82) is 0 Å². The summed E-state index contributed by atoms with van der Waals surface area (Å²) in [4.78, 5) is 2.75. The maximum Gasteiger partial charge on any atom is 0.161 e. The number of hydrogen-bond donors (Lipinski definition) is 1. The van der Waals surface area contributed by atoms with Crippen LogP contribution in [0.4, 0.5) is 0 Å². The molecule has 3 aliphatic heterocycles. The fourth-order valence-electron chi connectivity index (χ4n) is 6.52. The Labute approximate surface area is 217 Å². The maximum absolute atomic E-state index is 5.64. The molecule has 0 bridgehead atoms. The lowest BCUT2D eigenvalue weighted by Crippen LogP contribution is -2.46. The van der Waals surface area contributed by atoms with E-state index < -0.39 is 0 Å². The van der Waals surface area contributed by atoms with Crippen molar-refractivity contribution in [3.05, 3.63) is 52.6 Å². The normalized spacial score (nSPS) is 24.9. The minimum absolute atomic E-state index is 0.373. The monoisotopic (exact) mass is 496 g/mol. The highest BCUT2D eigenvalue weighted by Gasteiger charge is 2.39. The first-order chi connectivity index (χ1) is 17.6. The average Bonchev–Trinajstić information content (AvgIpc) is 2.92. The lowest BCUT2D eigenvalue weighted by Gasteiger charge is -2.48. The van der Waals surface area contributed by atoms with E-state index in [1.165, 1.54) is 48.1 Å². The number of ether oxygens (including phenoxy) is 4. The lowest BCUT2D eigenvalue weighted by atomic mass is 9.72. The summed E-state index contributed by atoms with van der Waals surface area (Å²) in [5, 5.41) is 3.84. The van der Waals surface area contributed by atoms with Gasteiger partial charge in [-0.15, -0.1) is 0 Å². The number of fused-ring (bicyclic) bond motifs is 4. The molecule has 4 atom stereocenters. The second-order valence-electron chi connectivity index (χ2n) is 10.3. The summed E-state index contributed by atoms with van der Waals surface area (Å²) in [6.07, 6.45) is 5.83. The topological polar surface area (TPSA) is 52.2 Å². The van der Waals surface area contributed by atoms with Gasteiger partial charge in [-0.1, -0.05) is 19.4 Å². The van der Waals surface area contributed by atoms with Gasteiger partial charge in [-0.25, -0.2) is 0 Å². The van der Waals surface area contributed by atoms with Crippen LogP contribution in [0.2, 0.25) is 0 Å². The Bertz CT molecular complexity index is 1010. The van der Waals surface area contributed by atoms with Gasteiger partial charge in [-0.2, -0.15) is 0 Å². The third kappa shape index (κ3) is 5.51. The highest BCUT2D eigenvalue weighted by atomic mass is 16.5. The van der Waals surface area contributed by atoms with Crippen LogP contribution < -0.4 is 19.5 Å². The molecule has 2 aromatic carbocycles. The summed E-state index contributed by atoms with van der Waals surface area (Å²) in [5.74, 6) is 4.09. The maximum atomic E-state index is 5.64. The number of methoxy groups -OCH3 is 4. The van der Waals surface area contributed by atoms with Gasteiger partial charge >= 0.3 is 0 Å². The third-order valence-electron chi connectivity index (χ3n) is 8.35. The largest absolute Gasteiger partial charge is 0.497 e. The van der Waals surface area contributed by atoms with Crippen molar-refractivity contribution in [3.8, 4) is 17.2 Å². The molecule has 1 saturated heterocycles. The van der Waals surface area contributed by atoms with Crippen LogP contribution >= 0.6 is 0 Å². The van der Waals surface area contributed by atoms with E-state index in [0.29, 0.717) is 18.0 Å². The summed E-state index contributed by atoms with van der Waals surface area (Å²) in [6, 6.07) is 12.0. The van der Waals surface area contributed by atoms with E-state index in [0.717, 1.165) is 49.1 Å². The van der Waals surface area contributed by atoms with Crippen molar-refractivity contribution in [2.45, 2.75) is 51.1 Å². The van der Waals surface area contributed by atoms with Gasteiger partial charge in [0.2, 0.25) is 0 Å². The molecular weight excluding hydrogens is 452 g/mol. The van der Waals surface area contributed by atoms with E-state index in [-0.39, 0.29) is 0 Å². The van der Waals surface area contributed by atoms with Gasteiger partial charge in [0.05, 0.1) is 21.3 Å². The van der Waals surface area contributed by atoms with Crippen molar-refractivity contribution in [1.82, 2.24) is 10.2 Å². The molecule has 0 aromatic heterocycles. The smallest absolute Gasteiger partial charge is 0.161 e. The third-order valence-corrected chi connectivity index (χ3v) is 8.35. The van der Waals surface area contributed by atoms with E-state index in [1.807, 2.05) is 0 Å². The fraction of sp³-hybridized carbons (Fsp3) is 0.600. The number of nitrogens with zero attached hydrogens (tertiary/aromatic N) is 1. The number of rotatable bonds is 6. The Kier molecular flexibility index (Phi) is 9.15. The Hall–Kier alpha value is -2.28. The Morgan fingerprint density at radius 3 is 2.28 bits per heavy atom. The van der Waals surface area contributed by atoms with Crippen LogP contribution in [0.3, 0.4) is 0 Å². The zero-order chi connectivity index (χ0) is 25.7. The molecule has 2 unspecified atom stereocenters. The van der Waals surface area contributed by atoms with Crippen molar-refractivity contribution in [2.75, 3.05) is 55.2 Å². The predicted octanol–water partition coefficient (Wildman–Crippen LogP) is 5.20. The van der Waals surface area contributed by atoms with Gasteiger partial charge in [0, 0.05) is 39.4 Å². The van der Waals surface area contributed by atoms with Crippen LogP contribution in [0.15, 0.2) is 30.3 Å². The van der Waals surface area contributed by atoms with Crippen molar-refractivity contribution < 1.29 is 18.9 Å². The second kappa shape index (κ2) is 12.3. The predicted molar refractivity (Wildman–Crippen MR) is 144 cm³/mol. The molecule has 36 heavy (non-hydrogen) atoms. The molecule has 6 nitrogen and oxygen atoms in total. The van der Waals surface area contributed by atoms with E-state index >= 15 is 0 Å². The highest BCUT2D eigenvalue weighted by molar-refractivity contribution is 5.49. The van der Waals surface area contributed by atoms with Gasteiger partial charge in [-0.3, -0.25) is 4.90 Å². The van der Waals surface area contributed by atoms with E-state index in [4.69, 9.17) is 14.2 Å². The summed E-state index contributed by atoms with van der Waals surface area (Å²) in [5.41, 5.74) is 5.79. The standard InChI is InChI=1S/C28H38N2O3.C2H6O/c1-5-18-17-30-11-9-20-12-22(31-2)6-7-23(20)26(30)14-21(18)13-25-24-16-28(33-4)27(32-3)15-19(24)8-10-29-25;1-3-2/h6-7,12,15-16,18,21,25-26,29H,5,8-11,13-14,17H2,1-4H3;1-2H3/t18-,21?,25+,26?;/m0./s1. The highest BCUT2D eigenvalue weighted by Crippen LogP contribution is 2.46. The molecule has 6 heteroatoms. The molecular formula is C30H44N2O4. The van der Waals surface area contributed by atoms with Gasteiger partial charge in [0.25, 0.3) is 0 Å².